The van der Waals surface area contributed by atoms with Crippen LogP contribution in [0.4, 0.5) is 11.4 Å². The standard InChI is InChI=1S/C25H34N2/c1-8-20-9-11-22(12-10-20)26-16-21-14-23-19(5)15-25(6,7)27(17(2)3)24(23)13-18(21)4/h9-14,16-17,19H,8,15H2,1-7H3/t19-/m0/s1. The molecule has 0 N–H and O–H groups in total. The molecule has 0 saturated carbocycles. The van der Waals surface area contributed by atoms with E-state index in [2.05, 4.69) is 89.8 Å². The van der Waals surface area contributed by atoms with Gasteiger partial charge in [0.05, 0.1) is 5.69 Å². The monoisotopic (exact) mass is 362 g/mol. The third-order valence-corrected chi connectivity index (χ3v) is 5.88. The van der Waals surface area contributed by atoms with E-state index in [4.69, 9.17) is 4.99 Å². The van der Waals surface area contributed by atoms with E-state index in [0.717, 1.165) is 12.1 Å². The number of hydrogen-bond acceptors (Lipinski definition) is 2. The Hall–Kier alpha value is -2.09. The van der Waals surface area contributed by atoms with E-state index in [1.807, 2.05) is 6.21 Å². The van der Waals surface area contributed by atoms with Crippen molar-refractivity contribution < 1.29 is 0 Å². The summed E-state index contributed by atoms with van der Waals surface area (Å²) >= 11 is 0. The van der Waals surface area contributed by atoms with Crippen LogP contribution < -0.4 is 4.90 Å². The second-order valence-corrected chi connectivity index (χ2v) is 8.93. The van der Waals surface area contributed by atoms with Crippen LogP contribution in [0.15, 0.2) is 41.4 Å². The normalized spacial score (nSPS) is 19.0. The maximum Gasteiger partial charge on any atom is 0.0630 e. The number of rotatable bonds is 4. The van der Waals surface area contributed by atoms with E-state index in [9.17, 15) is 0 Å². The Balaban J connectivity index is 1.98. The highest BCUT2D eigenvalue weighted by atomic mass is 15.2. The van der Waals surface area contributed by atoms with Gasteiger partial charge in [0.2, 0.25) is 0 Å². The summed E-state index contributed by atoms with van der Waals surface area (Å²) in [6.07, 6.45) is 4.27. The van der Waals surface area contributed by atoms with E-state index in [0.29, 0.717) is 12.0 Å². The van der Waals surface area contributed by atoms with Crippen molar-refractivity contribution in [2.75, 3.05) is 4.90 Å². The minimum atomic E-state index is 0.184. The van der Waals surface area contributed by atoms with Gasteiger partial charge in [-0.1, -0.05) is 26.0 Å². The van der Waals surface area contributed by atoms with Gasteiger partial charge in [-0.2, -0.15) is 0 Å². The lowest BCUT2D eigenvalue weighted by Crippen LogP contribution is -2.51. The summed E-state index contributed by atoms with van der Waals surface area (Å²) in [5.41, 5.74) is 7.92. The summed E-state index contributed by atoms with van der Waals surface area (Å²) in [6, 6.07) is 13.8. The van der Waals surface area contributed by atoms with Gasteiger partial charge in [-0.15, -0.1) is 0 Å². The number of aryl methyl sites for hydroxylation is 2. The summed E-state index contributed by atoms with van der Waals surface area (Å²) in [7, 11) is 0. The largest absolute Gasteiger partial charge is 0.364 e. The number of fused-ring (bicyclic) bond motifs is 1. The van der Waals surface area contributed by atoms with Gasteiger partial charge in [0.1, 0.15) is 0 Å². The van der Waals surface area contributed by atoms with Gasteiger partial charge in [0.15, 0.2) is 0 Å². The Morgan fingerprint density at radius 1 is 1.19 bits per heavy atom. The molecule has 1 atom stereocenters. The molecule has 2 heteroatoms. The number of aliphatic imine (C=N–C) groups is 1. The van der Waals surface area contributed by atoms with Gasteiger partial charge in [-0.3, -0.25) is 4.99 Å². The van der Waals surface area contributed by atoms with E-state index >= 15 is 0 Å². The topological polar surface area (TPSA) is 15.6 Å². The SMILES string of the molecule is CCc1ccc(N=Cc2cc3c(cc2C)N(C(C)C)C(C)(C)C[C@@H]3C)cc1. The van der Waals surface area contributed by atoms with E-state index < -0.39 is 0 Å². The molecule has 0 spiro atoms. The molecule has 2 aromatic carbocycles. The fourth-order valence-corrected chi connectivity index (χ4v) is 4.69. The Morgan fingerprint density at radius 2 is 1.85 bits per heavy atom. The van der Waals surface area contributed by atoms with Crippen molar-refractivity contribution in [2.45, 2.75) is 78.8 Å². The number of benzene rings is 2. The van der Waals surface area contributed by atoms with Crippen molar-refractivity contribution in [3.63, 3.8) is 0 Å². The van der Waals surface area contributed by atoms with Crippen LogP contribution in [-0.4, -0.2) is 17.8 Å². The molecule has 2 nitrogen and oxygen atoms in total. The first kappa shape index (κ1) is 19.7. The van der Waals surface area contributed by atoms with Crippen LogP contribution in [0.5, 0.6) is 0 Å². The van der Waals surface area contributed by atoms with E-state index in [1.54, 1.807) is 0 Å². The first-order valence-corrected chi connectivity index (χ1v) is 10.3. The molecule has 0 unspecified atom stereocenters. The van der Waals surface area contributed by atoms with Crippen molar-refractivity contribution in [2.24, 2.45) is 4.99 Å². The van der Waals surface area contributed by atoms with Crippen molar-refractivity contribution >= 4 is 17.6 Å². The van der Waals surface area contributed by atoms with Crippen LogP contribution in [0.25, 0.3) is 0 Å². The minimum absolute atomic E-state index is 0.184. The molecule has 0 bridgehead atoms. The molecule has 1 heterocycles. The minimum Gasteiger partial charge on any atom is -0.364 e. The summed E-state index contributed by atoms with van der Waals surface area (Å²) in [4.78, 5) is 7.33. The van der Waals surface area contributed by atoms with Gasteiger partial charge in [-0.25, -0.2) is 0 Å². The van der Waals surface area contributed by atoms with Crippen molar-refractivity contribution in [1.82, 2.24) is 0 Å². The smallest absolute Gasteiger partial charge is 0.0630 e. The molecule has 0 aliphatic carbocycles. The molecule has 0 amide bonds. The second kappa shape index (κ2) is 7.50. The van der Waals surface area contributed by atoms with Crippen molar-refractivity contribution in [3.05, 3.63) is 58.7 Å². The Kier molecular flexibility index (Phi) is 5.46. The zero-order valence-electron chi connectivity index (χ0n) is 18.0. The highest BCUT2D eigenvalue weighted by Crippen LogP contribution is 2.45. The van der Waals surface area contributed by atoms with Crippen LogP contribution in [0.2, 0.25) is 0 Å². The summed E-state index contributed by atoms with van der Waals surface area (Å²) in [6.45, 7) is 16.1. The molecular formula is C25H34N2. The average molecular weight is 363 g/mol. The van der Waals surface area contributed by atoms with Crippen LogP contribution in [-0.2, 0) is 6.42 Å². The number of anilines is 1. The van der Waals surface area contributed by atoms with Crippen LogP contribution in [0.3, 0.4) is 0 Å². The van der Waals surface area contributed by atoms with Gasteiger partial charge in [-0.05, 0) is 99.9 Å². The molecular weight excluding hydrogens is 328 g/mol. The molecule has 1 aliphatic heterocycles. The molecule has 0 radical (unpaired) electrons. The molecule has 27 heavy (non-hydrogen) atoms. The number of hydrogen-bond donors (Lipinski definition) is 0. The maximum absolute atomic E-state index is 4.73. The first-order valence-electron chi connectivity index (χ1n) is 10.3. The molecule has 0 fully saturated rings. The van der Waals surface area contributed by atoms with Gasteiger partial charge >= 0.3 is 0 Å². The summed E-state index contributed by atoms with van der Waals surface area (Å²) < 4.78 is 0. The highest BCUT2D eigenvalue weighted by molar-refractivity contribution is 5.86. The third-order valence-electron chi connectivity index (χ3n) is 5.88. The highest BCUT2D eigenvalue weighted by Gasteiger charge is 2.37. The lowest BCUT2D eigenvalue weighted by Gasteiger charge is -2.50. The molecule has 144 valence electrons. The lowest BCUT2D eigenvalue weighted by molar-refractivity contribution is 0.356. The molecule has 0 saturated heterocycles. The predicted molar refractivity (Wildman–Crippen MR) is 119 cm³/mol. The maximum atomic E-state index is 4.73. The zero-order valence-corrected chi connectivity index (χ0v) is 18.0. The molecule has 0 aromatic heterocycles. The number of nitrogens with zero attached hydrogens (tertiary/aromatic N) is 2. The Morgan fingerprint density at radius 3 is 2.44 bits per heavy atom. The molecule has 2 aromatic rings. The lowest BCUT2D eigenvalue weighted by atomic mass is 9.78. The van der Waals surface area contributed by atoms with Gasteiger partial charge in [0, 0.05) is 23.5 Å². The molecule has 3 rings (SSSR count). The second-order valence-electron chi connectivity index (χ2n) is 8.93. The van der Waals surface area contributed by atoms with Crippen molar-refractivity contribution in [3.8, 4) is 0 Å². The predicted octanol–water partition coefficient (Wildman–Crippen LogP) is 6.81. The van der Waals surface area contributed by atoms with Gasteiger partial charge in [0.25, 0.3) is 0 Å². The zero-order chi connectivity index (χ0) is 19.8. The van der Waals surface area contributed by atoms with Crippen LogP contribution in [0, 0.1) is 6.92 Å². The first-order chi connectivity index (χ1) is 12.7. The quantitative estimate of drug-likeness (QED) is 0.546. The Bertz CT molecular complexity index is 828. The van der Waals surface area contributed by atoms with Crippen LogP contribution >= 0.6 is 0 Å². The fourth-order valence-electron chi connectivity index (χ4n) is 4.69. The van der Waals surface area contributed by atoms with E-state index in [1.165, 1.54) is 34.4 Å². The fraction of sp³-hybridized carbons (Fsp3) is 0.480. The van der Waals surface area contributed by atoms with E-state index in [-0.39, 0.29) is 5.54 Å². The van der Waals surface area contributed by atoms with Gasteiger partial charge < -0.3 is 4.90 Å². The van der Waals surface area contributed by atoms with Crippen LogP contribution in [0.1, 0.15) is 76.1 Å². The Labute approximate surface area is 165 Å². The molecule has 1 aliphatic rings. The average Bonchev–Trinajstić information content (AvgIpc) is 2.59. The summed E-state index contributed by atoms with van der Waals surface area (Å²) in [5.74, 6) is 0.557. The summed E-state index contributed by atoms with van der Waals surface area (Å²) in [5, 5.41) is 0. The van der Waals surface area contributed by atoms with Crippen molar-refractivity contribution in [1.29, 1.82) is 0 Å². The third kappa shape index (κ3) is 3.95.